The van der Waals surface area contributed by atoms with Crippen molar-refractivity contribution < 1.29 is 0 Å². The molecule has 0 spiro atoms. The minimum absolute atomic E-state index is 0.650. The average Bonchev–Trinajstić information content (AvgIpc) is 2.97. The van der Waals surface area contributed by atoms with E-state index in [2.05, 4.69) is 41.0 Å². The monoisotopic (exact) mass is 214 g/mol. The van der Waals surface area contributed by atoms with E-state index in [1.807, 2.05) is 0 Å². The predicted molar refractivity (Wildman–Crippen MR) is 67.6 cm³/mol. The summed E-state index contributed by atoms with van der Waals surface area (Å²) in [6.45, 7) is 2.08. The van der Waals surface area contributed by atoms with Gasteiger partial charge in [0.1, 0.15) is 0 Å². The van der Waals surface area contributed by atoms with Crippen LogP contribution in [0.3, 0.4) is 0 Å². The largest absolute Gasteiger partial charge is 0.384 e. The molecule has 0 bridgehead atoms. The second-order valence-electron chi connectivity index (χ2n) is 4.65. The average molecular weight is 214 g/mol. The summed E-state index contributed by atoms with van der Waals surface area (Å²) in [6.07, 6.45) is 8.08. The molecule has 84 valence electrons. The number of fused-ring (bicyclic) bond motifs is 1. The first-order valence-electron chi connectivity index (χ1n) is 6.16. The quantitative estimate of drug-likeness (QED) is 0.755. The molecule has 16 heavy (non-hydrogen) atoms. The number of anilines is 1. The SMILES string of the molecule is C1=CCC(NCc2cccc3c2NCC3)C1. The van der Waals surface area contributed by atoms with Gasteiger partial charge in [0.05, 0.1) is 0 Å². The molecule has 0 unspecified atom stereocenters. The lowest BCUT2D eigenvalue weighted by Crippen LogP contribution is -2.25. The van der Waals surface area contributed by atoms with Crippen LogP contribution in [-0.2, 0) is 13.0 Å². The van der Waals surface area contributed by atoms with Gasteiger partial charge in [0.15, 0.2) is 0 Å². The molecular formula is C14H18N2. The van der Waals surface area contributed by atoms with Gasteiger partial charge in [0.2, 0.25) is 0 Å². The van der Waals surface area contributed by atoms with Crippen LogP contribution in [0.1, 0.15) is 24.0 Å². The molecule has 1 aliphatic carbocycles. The van der Waals surface area contributed by atoms with E-state index in [0.29, 0.717) is 6.04 Å². The van der Waals surface area contributed by atoms with Crippen LogP contribution in [0.2, 0.25) is 0 Å². The summed E-state index contributed by atoms with van der Waals surface area (Å²) in [5, 5.41) is 7.11. The van der Waals surface area contributed by atoms with E-state index in [-0.39, 0.29) is 0 Å². The first kappa shape index (κ1) is 9.91. The molecule has 3 rings (SSSR count). The molecule has 1 heterocycles. The predicted octanol–water partition coefficient (Wildman–Crippen LogP) is 2.46. The van der Waals surface area contributed by atoms with E-state index in [1.54, 1.807) is 0 Å². The maximum absolute atomic E-state index is 3.63. The fourth-order valence-electron chi connectivity index (χ4n) is 2.60. The lowest BCUT2D eigenvalue weighted by Gasteiger charge is -2.14. The number of hydrogen-bond donors (Lipinski definition) is 2. The number of rotatable bonds is 3. The van der Waals surface area contributed by atoms with Gasteiger partial charge in [-0.3, -0.25) is 0 Å². The van der Waals surface area contributed by atoms with Gasteiger partial charge in [-0.15, -0.1) is 0 Å². The van der Waals surface area contributed by atoms with Crippen molar-refractivity contribution in [3.8, 4) is 0 Å². The van der Waals surface area contributed by atoms with E-state index in [0.717, 1.165) is 13.1 Å². The maximum atomic E-state index is 3.63. The van der Waals surface area contributed by atoms with Crippen LogP contribution in [0.25, 0.3) is 0 Å². The van der Waals surface area contributed by atoms with Crippen molar-refractivity contribution in [3.05, 3.63) is 41.5 Å². The maximum Gasteiger partial charge on any atom is 0.0419 e. The summed E-state index contributed by atoms with van der Waals surface area (Å²) in [5.74, 6) is 0. The molecule has 1 aromatic rings. The van der Waals surface area contributed by atoms with Crippen molar-refractivity contribution in [2.45, 2.75) is 31.8 Å². The van der Waals surface area contributed by atoms with Crippen molar-refractivity contribution in [3.63, 3.8) is 0 Å². The molecule has 0 fully saturated rings. The van der Waals surface area contributed by atoms with Gasteiger partial charge < -0.3 is 10.6 Å². The van der Waals surface area contributed by atoms with Gasteiger partial charge in [-0.2, -0.15) is 0 Å². The van der Waals surface area contributed by atoms with E-state index in [4.69, 9.17) is 0 Å². The fourth-order valence-corrected chi connectivity index (χ4v) is 2.60. The highest BCUT2D eigenvalue weighted by atomic mass is 14.9. The molecule has 1 aromatic carbocycles. The molecule has 2 heteroatoms. The van der Waals surface area contributed by atoms with Gasteiger partial charge in [-0.25, -0.2) is 0 Å². The van der Waals surface area contributed by atoms with Crippen molar-refractivity contribution in [1.82, 2.24) is 5.32 Å². The molecule has 2 aliphatic rings. The van der Waals surface area contributed by atoms with Crippen LogP contribution in [0, 0.1) is 0 Å². The van der Waals surface area contributed by atoms with Gasteiger partial charge in [0, 0.05) is 24.8 Å². The molecule has 1 aliphatic heterocycles. The number of hydrogen-bond acceptors (Lipinski definition) is 2. The topological polar surface area (TPSA) is 24.1 Å². The van der Waals surface area contributed by atoms with Crippen molar-refractivity contribution >= 4 is 5.69 Å². The molecule has 0 saturated heterocycles. The Morgan fingerprint density at radius 3 is 3.00 bits per heavy atom. The van der Waals surface area contributed by atoms with Crippen LogP contribution in [0.4, 0.5) is 5.69 Å². The Balaban J connectivity index is 1.68. The zero-order chi connectivity index (χ0) is 10.8. The van der Waals surface area contributed by atoms with Crippen molar-refractivity contribution in [2.75, 3.05) is 11.9 Å². The van der Waals surface area contributed by atoms with Crippen LogP contribution in [0.15, 0.2) is 30.4 Å². The minimum Gasteiger partial charge on any atom is -0.384 e. The Bertz CT molecular complexity index is 401. The van der Waals surface area contributed by atoms with Crippen LogP contribution >= 0.6 is 0 Å². The smallest absolute Gasteiger partial charge is 0.0419 e. The van der Waals surface area contributed by atoms with E-state index < -0.39 is 0 Å². The first-order valence-corrected chi connectivity index (χ1v) is 6.16. The summed E-state index contributed by atoms with van der Waals surface area (Å²) in [7, 11) is 0. The van der Waals surface area contributed by atoms with Gasteiger partial charge >= 0.3 is 0 Å². The minimum atomic E-state index is 0.650. The third kappa shape index (κ3) is 1.85. The molecular weight excluding hydrogens is 196 g/mol. The molecule has 2 nitrogen and oxygen atoms in total. The van der Waals surface area contributed by atoms with Gasteiger partial charge in [-0.1, -0.05) is 30.4 Å². The highest BCUT2D eigenvalue weighted by Crippen LogP contribution is 2.26. The second-order valence-corrected chi connectivity index (χ2v) is 4.65. The third-order valence-electron chi connectivity index (χ3n) is 3.52. The number of para-hydroxylation sites is 1. The molecule has 0 atom stereocenters. The summed E-state index contributed by atoms with van der Waals surface area (Å²) in [6, 6.07) is 7.29. The molecule has 0 saturated carbocycles. The summed E-state index contributed by atoms with van der Waals surface area (Å²) in [5.41, 5.74) is 4.27. The normalized spacial score (nSPS) is 18.8. The second kappa shape index (κ2) is 4.30. The Labute approximate surface area is 96.7 Å². The van der Waals surface area contributed by atoms with Crippen molar-refractivity contribution in [2.24, 2.45) is 0 Å². The Hall–Kier alpha value is -1.28. The number of benzene rings is 1. The lowest BCUT2D eigenvalue weighted by atomic mass is 10.1. The molecule has 0 aromatic heterocycles. The van der Waals surface area contributed by atoms with Crippen LogP contribution < -0.4 is 10.6 Å². The van der Waals surface area contributed by atoms with E-state index in [9.17, 15) is 0 Å². The van der Waals surface area contributed by atoms with Crippen molar-refractivity contribution in [1.29, 1.82) is 0 Å². The zero-order valence-electron chi connectivity index (χ0n) is 9.50. The molecule has 2 N–H and O–H groups in total. The summed E-state index contributed by atoms with van der Waals surface area (Å²) >= 11 is 0. The summed E-state index contributed by atoms with van der Waals surface area (Å²) in [4.78, 5) is 0. The standard InChI is InChI=1S/C14H18N2/c1-2-7-13(6-1)16-10-12-5-3-4-11-8-9-15-14(11)12/h1-5,13,15-16H,6-10H2. The van der Waals surface area contributed by atoms with Crippen LogP contribution in [-0.4, -0.2) is 12.6 Å². The number of nitrogens with one attached hydrogen (secondary N) is 2. The Morgan fingerprint density at radius 2 is 2.12 bits per heavy atom. The van der Waals surface area contributed by atoms with E-state index in [1.165, 1.54) is 36.1 Å². The third-order valence-corrected chi connectivity index (χ3v) is 3.52. The Morgan fingerprint density at radius 1 is 1.25 bits per heavy atom. The molecule has 0 amide bonds. The molecule has 0 radical (unpaired) electrons. The van der Waals surface area contributed by atoms with Gasteiger partial charge in [-0.05, 0) is 30.4 Å². The Kier molecular flexibility index (Phi) is 2.66. The fraction of sp³-hybridized carbons (Fsp3) is 0.429. The zero-order valence-corrected chi connectivity index (χ0v) is 9.50. The highest BCUT2D eigenvalue weighted by molar-refractivity contribution is 5.61. The van der Waals surface area contributed by atoms with Crippen LogP contribution in [0.5, 0.6) is 0 Å². The first-order chi connectivity index (χ1) is 7.93. The lowest BCUT2D eigenvalue weighted by molar-refractivity contribution is 0.539. The highest BCUT2D eigenvalue weighted by Gasteiger charge is 2.15. The summed E-state index contributed by atoms with van der Waals surface area (Å²) < 4.78 is 0. The van der Waals surface area contributed by atoms with E-state index >= 15 is 0 Å². The van der Waals surface area contributed by atoms with Gasteiger partial charge in [0.25, 0.3) is 0 Å².